The van der Waals surface area contributed by atoms with Gasteiger partial charge in [0.2, 0.25) is 5.91 Å². The number of carboxylic acid groups (broad SMARTS) is 1. The van der Waals surface area contributed by atoms with E-state index in [1.54, 1.807) is 18.3 Å². The van der Waals surface area contributed by atoms with Gasteiger partial charge in [0, 0.05) is 35.4 Å². The van der Waals surface area contributed by atoms with E-state index in [0.717, 1.165) is 22.2 Å². The molecular formula is C32H33N5O7S. The predicted molar refractivity (Wildman–Crippen MR) is 171 cm³/mol. The zero-order chi connectivity index (χ0) is 32.3. The fourth-order valence-electron chi connectivity index (χ4n) is 4.18. The second kappa shape index (κ2) is 15.7. The molecule has 0 spiro atoms. The maximum absolute atomic E-state index is 12.0. The van der Waals surface area contributed by atoms with Gasteiger partial charge < -0.3 is 30.3 Å². The number of Topliss-reactive ketones (excluding diaryl/α,β-unsaturated/α-hetero) is 1. The highest BCUT2D eigenvalue weighted by molar-refractivity contribution is 8.03. The van der Waals surface area contributed by atoms with Crippen LogP contribution < -0.4 is 15.4 Å². The number of rotatable bonds is 15. The summed E-state index contributed by atoms with van der Waals surface area (Å²) in [6.45, 7) is 3.03. The van der Waals surface area contributed by atoms with E-state index in [0.29, 0.717) is 33.4 Å². The van der Waals surface area contributed by atoms with Crippen LogP contribution in [0.2, 0.25) is 0 Å². The molecule has 13 heteroatoms. The minimum absolute atomic E-state index is 0.0175. The lowest BCUT2D eigenvalue weighted by atomic mass is 10.1. The first-order valence-corrected chi connectivity index (χ1v) is 14.8. The number of methoxy groups -OCH3 is 1. The fourth-order valence-corrected chi connectivity index (χ4v) is 5.34. The number of aliphatic carboxylic acids is 1. The smallest absolute Gasteiger partial charge is 0.314 e. The molecule has 0 saturated carbocycles. The molecule has 4 N–H and O–H groups in total. The highest BCUT2D eigenvalue weighted by atomic mass is 32.2. The van der Waals surface area contributed by atoms with Crippen molar-refractivity contribution in [3.63, 3.8) is 0 Å². The SMILES string of the molecule is COCC(=O)NCC(=Cc1ccc2ncnc(Nc3ccc(Oc4ccc(CO)nc4)c(C)c3)c2c1)SCC(C(C)=O)C(=O)O. The maximum Gasteiger partial charge on any atom is 0.314 e. The van der Waals surface area contributed by atoms with Crippen molar-refractivity contribution in [1.82, 2.24) is 20.3 Å². The molecule has 2 aromatic heterocycles. The summed E-state index contributed by atoms with van der Waals surface area (Å²) in [5, 5.41) is 25.5. The summed E-state index contributed by atoms with van der Waals surface area (Å²) in [5.74, 6) is -1.35. The molecule has 0 radical (unpaired) electrons. The van der Waals surface area contributed by atoms with Crippen molar-refractivity contribution in [3.8, 4) is 11.5 Å². The number of hydrogen-bond acceptors (Lipinski definition) is 11. The van der Waals surface area contributed by atoms with Crippen LogP contribution in [-0.4, -0.2) is 68.8 Å². The van der Waals surface area contributed by atoms with Crippen molar-refractivity contribution in [2.75, 3.05) is 31.3 Å². The summed E-state index contributed by atoms with van der Waals surface area (Å²) in [6, 6.07) is 14.7. The van der Waals surface area contributed by atoms with Crippen LogP contribution in [0.4, 0.5) is 11.5 Å². The molecule has 2 aromatic carbocycles. The highest BCUT2D eigenvalue weighted by Gasteiger charge is 2.23. The molecule has 0 fully saturated rings. The van der Waals surface area contributed by atoms with E-state index in [4.69, 9.17) is 9.47 Å². The number of aryl methyl sites for hydroxylation is 1. The number of carbonyl (C=O) groups is 3. The molecule has 0 aliphatic heterocycles. The van der Waals surface area contributed by atoms with Crippen molar-refractivity contribution in [1.29, 1.82) is 0 Å². The lowest BCUT2D eigenvalue weighted by Crippen LogP contribution is -2.29. The van der Waals surface area contributed by atoms with Crippen LogP contribution in [0.15, 0.2) is 66.0 Å². The third-order valence-corrected chi connectivity index (χ3v) is 7.70. The predicted octanol–water partition coefficient (Wildman–Crippen LogP) is 4.49. The molecule has 45 heavy (non-hydrogen) atoms. The number of aromatic nitrogens is 3. The third-order valence-electron chi connectivity index (χ3n) is 6.57. The number of ketones is 1. The molecule has 0 saturated heterocycles. The molecule has 1 unspecified atom stereocenters. The summed E-state index contributed by atoms with van der Waals surface area (Å²) in [5.41, 5.74) is 3.66. The van der Waals surface area contributed by atoms with Crippen LogP contribution in [0, 0.1) is 12.8 Å². The molecule has 2 heterocycles. The normalized spacial score (nSPS) is 12.0. The Balaban J connectivity index is 1.57. The van der Waals surface area contributed by atoms with Crippen LogP contribution in [0.25, 0.3) is 17.0 Å². The summed E-state index contributed by atoms with van der Waals surface area (Å²) < 4.78 is 10.8. The summed E-state index contributed by atoms with van der Waals surface area (Å²) in [7, 11) is 1.42. The van der Waals surface area contributed by atoms with Gasteiger partial charge in [0.25, 0.3) is 0 Å². The van der Waals surface area contributed by atoms with Crippen LogP contribution in [0.5, 0.6) is 11.5 Å². The van der Waals surface area contributed by atoms with E-state index in [1.165, 1.54) is 32.1 Å². The number of nitrogens with one attached hydrogen (secondary N) is 2. The number of aliphatic hydroxyl groups is 1. The number of benzene rings is 2. The van der Waals surface area contributed by atoms with Gasteiger partial charge in [-0.05, 0) is 73.5 Å². The minimum atomic E-state index is -1.19. The number of hydrogen-bond donors (Lipinski definition) is 4. The lowest BCUT2D eigenvalue weighted by molar-refractivity contribution is -0.144. The number of thioether (sulfide) groups is 1. The summed E-state index contributed by atoms with van der Waals surface area (Å²) >= 11 is 1.19. The fraction of sp³-hybridized carbons (Fsp3) is 0.250. The van der Waals surface area contributed by atoms with Gasteiger partial charge in [0.05, 0.1) is 24.0 Å². The Bertz CT molecular complexity index is 1700. The van der Waals surface area contributed by atoms with Crippen LogP contribution in [0.1, 0.15) is 23.7 Å². The molecule has 12 nitrogen and oxygen atoms in total. The molecule has 1 atom stereocenters. The van der Waals surface area contributed by atoms with Crippen molar-refractivity contribution in [2.24, 2.45) is 5.92 Å². The Labute approximate surface area is 263 Å². The van der Waals surface area contributed by atoms with Gasteiger partial charge >= 0.3 is 5.97 Å². The molecule has 4 aromatic rings. The van der Waals surface area contributed by atoms with E-state index in [9.17, 15) is 24.6 Å². The number of fused-ring (bicyclic) bond motifs is 1. The summed E-state index contributed by atoms with van der Waals surface area (Å²) in [6.07, 6.45) is 4.85. The zero-order valence-electron chi connectivity index (χ0n) is 24.9. The standard InChI is InChI=1S/C32H33N5O7S/c1-19-10-22(6-9-29(19)44-24-7-5-23(15-38)33-13-24)37-31-26-12-21(4-8-28(26)35-18-36-31)11-25(14-34-30(40)16-43-3)45-17-27(20(2)39)32(41)42/h4-13,18,27,38H,14-17H2,1-3H3,(H,34,40)(H,41,42)(H,35,36,37). The third kappa shape index (κ3) is 9.32. The molecule has 234 valence electrons. The molecular weight excluding hydrogens is 598 g/mol. The number of ether oxygens (including phenoxy) is 2. The number of nitrogens with zero attached hydrogens (tertiary/aromatic N) is 3. The molecule has 0 bridgehead atoms. The second-order valence-corrected chi connectivity index (χ2v) is 11.1. The number of pyridine rings is 1. The van der Waals surface area contributed by atoms with E-state index in [2.05, 4.69) is 25.6 Å². The Morgan fingerprint density at radius 3 is 2.56 bits per heavy atom. The van der Waals surface area contributed by atoms with Gasteiger partial charge in [0.15, 0.2) is 0 Å². The average molecular weight is 632 g/mol. The van der Waals surface area contributed by atoms with E-state index >= 15 is 0 Å². The van der Waals surface area contributed by atoms with Crippen molar-refractivity contribution in [2.45, 2.75) is 20.5 Å². The number of carbonyl (C=O) groups excluding carboxylic acids is 2. The van der Waals surface area contributed by atoms with Crippen LogP contribution in [-0.2, 0) is 25.7 Å². The van der Waals surface area contributed by atoms with Gasteiger partial charge in [-0.25, -0.2) is 9.97 Å². The average Bonchev–Trinajstić information content (AvgIpc) is 3.01. The topological polar surface area (TPSA) is 173 Å². The van der Waals surface area contributed by atoms with Gasteiger partial charge in [-0.2, -0.15) is 0 Å². The number of amides is 1. The van der Waals surface area contributed by atoms with Crippen LogP contribution in [0.3, 0.4) is 0 Å². The number of aliphatic hydroxyl groups excluding tert-OH is 1. The van der Waals surface area contributed by atoms with E-state index in [1.807, 2.05) is 49.4 Å². The molecule has 4 rings (SSSR count). The van der Waals surface area contributed by atoms with Crippen LogP contribution >= 0.6 is 11.8 Å². The zero-order valence-corrected chi connectivity index (χ0v) is 25.8. The van der Waals surface area contributed by atoms with Gasteiger partial charge in [-0.15, -0.1) is 11.8 Å². The quantitative estimate of drug-likeness (QED) is 0.136. The molecule has 1 amide bonds. The minimum Gasteiger partial charge on any atom is -0.481 e. The van der Waals surface area contributed by atoms with Crippen molar-refractivity contribution < 1.29 is 34.1 Å². The summed E-state index contributed by atoms with van der Waals surface area (Å²) in [4.78, 5) is 49.1. The van der Waals surface area contributed by atoms with E-state index in [-0.39, 0.29) is 31.4 Å². The van der Waals surface area contributed by atoms with Gasteiger partial charge in [-0.1, -0.05) is 6.07 Å². The van der Waals surface area contributed by atoms with Gasteiger partial charge in [0.1, 0.15) is 42.0 Å². The monoisotopic (exact) mass is 631 g/mol. The molecule has 0 aliphatic carbocycles. The Morgan fingerprint density at radius 2 is 1.89 bits per heavy atom. The van der Waals surface area contributed by atoms with Gasteiger partial charge in [-0.3, -0.25) is 19.4 Å². The van der Waals surface area contributed by atoms with Crippen molar-refractivity contribution in [3.05, 3.63) is 82.8 Å². The maximum atomic E-state index is 12.0. The lowest BCUT2D eigenvalue weighted by Gasteiger charge is -2.14. The second-order valence-electron chi connectivity index (χ2n) is 9.98. The Hall–Kier alpha value is -4.85. The van der Waals surface area contributed by atoms with Crippen molar-refractivity contribution >= 4 is 57.9 Å². The Morgan fingerprint density at radius 1 is 1.07 bits per heavy atom. The highest BCUT2D eigenvalue weighted by Crippen LogP contribution is 2.31. The first kappa shape index (κ1) is 33.1. The largest absolute Gasteiger partial charge is 0.481 e. The number of carboxylic acids is 1. The number of anilines is 2. The Kier molecular flexibility index (Phi) is 11.6. The van der Waals surface area contributed by atoms with E-state index < -0.39 is 17.7 Å². The first-order valence-electron chi connectivity index (χ1n) is 13.8. The first-order chi connectivity index (χ1) is 21.7. The molecule has 0 aliphatic rings.